The van der Waals surface area contributed by atoms with E-state index in [1.165, 1.54) is 0 Å². The van der Waals surface area contributed by atoms with Gasteiger partial charge in [0.05, 0.1) is 4.47 Å². The van der Waals surface area contributed by atoms with Crippen molar-refractivity contribution >= 4 is 43.5 Å². The lowest BCUT2D eigenvalue weighted by atomic mass is 10.1. The quantitative estimate of drug-likeness (QED) is 0.705. The van der Waals surface area contributed by atoms with E-state index in [9.17, 15) is 0 Å². The predicted octanol–water partition coefficient (Wildman–Crippen LogP) is 5.55. The van der Waals surface area contributed by atoms with Crippen LogP contribution in [0.2, 0.25) is 5.02 Å². The van der Waals surface area contributed by atoms with Gasteiger partial charge < -0.3 is 10.5 Å². The van der Waals surface area contributed by atoms with Gasteiger partial charge in [-0.15, -0.1) is 0 Å². The average Bonchev–Trinajstić information content (AvgIpc) is 2.34. The summed E-state index contributed by atoms with van der Waals surface area (Å²) in [5.41, 5.74) is 6.87. The second-order valence-electron chi connectivity index (χ2n) is 4.61. The molecule has 2 aromatic carbocycles. The van der Waals surface area contributed by atoms with Gasteiger partial charge in [0.2, 0.25) is 0 Å². The van der Waals surface area contributed by atoms with Crippen molar-refractivity contribution in [1.82, 2.24) is 0 Å². The van der Waals surface area contributed by atoms with Crippen molar-refractivity contribution in [1.29, 1.82) is 0 Å². The maximum absolute atomic E-state index is 6.04. The molecule has 2 nitrogen and oxygen atoms in total. The molecule has 20 heavy (non-hydrogen) atoms. The van der Waals surface area contributed by atoms with E-state index in [2.05, 4.69) is 31.9 Å². The van der Waals surface area contributed by atoms with E-state index in [0.29, 0.717) is 11.4 Å². The summed E-state index contributed by atoms with van der Waals surface area (Å²) < 4.78 is 7.84. The Hall–Kier alpha value is -0.550. The minimum atomic E-state index is 0.0455. The summed E-state index contributed by atoms with van der Waals surface area (Å²) in [5.74, 6) is 1.52. The van der Waals surface area contributed by atoms with E-state index in [1.807, 2.05) is 43.3 Å². The number of halogens is 3. The standard InChI is InChI=1S/C15H14Br2ClNO/c1-9(19)6-10-7-12(18)3-5-14(10)20-15-4-2-11(16)8-13(15)17/h2-5,7-9H,6,19H2,1H3. The van der Waals surface area contributed by atoms with Crippen LogP contribution in [-0.4, -0.2) is 6.04 Å². The Bertz CT molecular complexity index is 617. The van der Waals surface area contributed by atoms with Crippen molar-refractivity contribution < 1.29 is 4.74 Å². The monoisotopic (exact) mass is 417 g/mol. The van der Waals surface area contributed by atoms with Crippen molar-refractivity contribution in [3.63, 3.8) is 0 Å². The summed E-state index contributed by atoms with van der Waals surface area (Å²) in [5, 5.41) is 0.683. The minimum absolute atomic E-state index is 0.0455. The van der Waals surface area contributed by atoms with Crippen molar-refractivity contribution in [2.24, 2.45) is 5.73 Å². The van der Waals surface area contributed by atoms with Gasteiger partial charge in [-0.2, -0.15) is 0 Å². The Kier molecular flexibility index (Phi) is 5.49. The lowest BCUT2D eigenvalue weighted by Crippen LogP contribution is -2.18. The highest BCUT2D eigenvalue weighted by atomic mass is 79.9. The first-order chi connectivity index (χ1) is 9.45. The fraction of sp³-hybridized carbons (Fsp3) is 0.200. The molecular weight excluding hydrogens is 405 g/mol. The summed E-state index contributed by atoms with van der Waals surface area (Å²) in [6.07, 6.45) is 0.712. The molecule has 0 aromatic heterocycles. The van der Waals surface area contributed by atoms with Crippen LogP contribution in [0.3, 0.4) is 0 Å². The molecule has 0 heterocycles. The summed E-state index contributed by atoms with van der Waals surface area (Å²) in [6.45, 7) is 1.96. The Balaban J connectivity index is 2.32. The van der Waals surface area contributed by atoms with Crippen molar-refractivity contribution in [3.05, 3.63) is 55.9 Å². The molecule has 0 radical (unpaired) electrons. The van der Waals surface area contributed by atoms with Crippen molar-refractivity contribution in [2.45, 2.75) is 19.4 Å². The summed E-state index contributed by atoms with van der Waals surface area (Å²) in [4.78, 5) is 0. The Morgan fingerprint density at radius 3 is 2.50 bits per heavy atom. The molecule has 0 amide bonds. The Morgan fingerprint density at radius 2 is 1.85 bits per heavy atom. The van der Waals surface area contributed by atoms with Gasteiger partial charge in [-0.3, -0.25) is 0 Å². The molecule has 2 rings (SSSR count). The van der Waals surface area contributed by atoms with Crippen molar-refractivity contribution in [3.8, 4) is 11.5 Å². The smallest absolute Gasteiger partial charge is 0.141 e. The molecular formula is C15H14Br2ClNO. The zero-order valence-corrected chi connectivity index (χ0v) is 14.8. The third-order valence-corrected chi connectivity index (χ3v) is 4.03. The molecule has 1 unspecified atom stereocenters. The maximum Gasteiger partial charge on any atom is 0.141 e. The molecule has 0 aliphatic rings. The predicted molar refractivity (Wildman–Crippen MR) is 90.7 cm³/mol. The second-order valence-corrected chi connectivity index (χ2v) is 6.82. The number of benzene rings is 2. The van der Waals surface area contributed by atoms with Crippen LogP contribution in [-0.2, 0) is 6.42 Å². The summed E-state index contributed by atoms with van der Waals surface area (Å²) in [6, 6.07) is 11.4. The zero-order valence-electron chi connectivity index (χ0n) is 10.9. The molecule has 0 aliphatic carbocycles. The highest BCUT2D eigenvalue weighted by Crippen LogP contribution is 2.34. The van der Waals surface area contributed by atoms with E-state index in [-0.39, 0.29) is 6.04 Å². The molecule has 0 fully saturated rings. The largest absolute Gasteiger partial charge is 0.456 e. The van der Waals surface area contributed by atoms with Crippen molar-refractivity contribution in [2.75, 3.05) is 0 Å². The normalized spacial score (nSPS) is 12.2. The van der Waals surface area contributed by atoms with E-state index in [4.69, 9.17) is 22.1 Å². The van der Waals surface area contributed by atoms with Gasteiger partial charge in [-0.1, -0.05) is 27.5 Å². The number of hydrogen-bond donors (Lipinski definition) is 1. The van der Waals surface area contributed by atoms with Gasteiger partial charge in [0.25, 0.3) is 0 Å². The van der Waals surface area contributed by atoms with Crippen LogP contribution in [0.15, 0.2) is 45.3 Å². The van der Waals surface area contributed by atoms with Gasteiger partial charge in [-0.05, 0) is 71.2 Å². The van der Waals surface area contributed by atoms with Crippen LogP contribution in [0.4, 0.5) is 0 Å². The van der Waals surface area contributed by atoms with Crippen LogP contribution in [0, 0.1) is 0 Å². The van der Waals surface area contributed by atoms with Crippen LogP contribution in [0.25, 0.3) is 0 Å². The first-order valence-corrected chi connectivity index (χ1v) is 8.09. The van der Waals surface area contributed by atoms with Crippen LogP contribution >= 0.6 is 43.5 Å². The topological polar surface area (TPSA) is 35.2 Å². The van der Waals surface area contributed by atoms with Gasteiger partial charge >= 0.3 is 0 Å². The van der Waals surface area contributed by atoms with Gasteiger partial charge in [0.15, 0.2) is 0 Å². The lowest BCUT2D eigenvalue weighted by Gasteiger charge is -2.14. The fourth-order valence-electron chi connectivity index (χ4n) is 1.83. The number of hydrogen-bond acceptors (Lipinski definition) is 2. The van der Waals surface area contributed by atoms with Crippen LogP contribution < -0.4 is 10.5 Å². The Morgan fingerprint density at radius 1 is 1.15 bits per heavy atom. The van der Waals surface area contributed by atoms with E-state index >= 15 is 0 Å². The second kappa shape index (κ2) is 6.94. The van der Waals surface area contributed by atoms with Crippen LogP contribution in [0.5, 0.6) is 11.5 Å². The average molecular weight is 420 g/mol. The molecule has 0 spiro atoms. The van der Waals surface area contributed by atoms with Gasteiger partial charge in [-0.25, -0.2) is 0 Å². The third-order valence-electron chi connectivity index (χ3n) is 2.68. The number of ether oxygens (including phenoxy) is 1. The molecule has 2 N–H and O–H groups in total. The maximum atomic E-state index is 6.04. The zero-order chi connectivity index (χ0) is 14.7. The van der Waals surface area contributed by atoms with E-state index in [0.717, 1.165) is 26.0 Å². The number of rotatable bonds is 4. The highest BCUT2D eigenvalue weighted by molar-refractivity contribution is 9.11. The van der Waals surface area contributed by atoms with Gasteiger partial charge in [0.1, 0.15) is 11.5 Å². The molecule has 0 aliphatic heterocycles. The molecule has 2 aromatic rings. The molecule has 0 bridgehead atoms. The third kappa shape index (κ3) is 4.22. The molecule has 106 valence electrons. The summed E-state index contributed by atoms with van der Waals surface area (Å²) >= 11 is 13.0. The molecule has 0 saturated carbocycles. The molecule has 0 saturated heterocycles. The molecule has 5 heteroatoms. The minimum Gasteiger partial charge on any atom is -0.456 e. The SMILES string of the molecule is CC(N)Cc1cc(Cl)ccc1Oc1ccc(Br)cc1Br. The van der Waals surface area contributed by atoms with Crippen LogP contribution in [0.1, 0.15) is 12.5 Å². The van der Waals surface area contributed by atoms with Gasteiger partial charge in [0, 0.05) is 15.5 Å². The molecule has 1 atom stereocenters. The van der Waals surface area contributed by atoms with E-state index < -0.39 is 0 Å². The highest BCUT2D eigenvalue weighted by Gasteiger charge is 2.10. The first kappa shape index (κ1) is 15.8. The summed E-state index contributed by atoms with van der Waals surface area (Å²) in [7, 11) is 0. The fourth-order valence-corrected chi connectivity index (χ4v) is 3.15. The lowest BCUT2D eigenvalue weighted by molar-refractivity contribution is 0.471. The van der Waals surface area contributed by atoms with E-state index in [1.54, 1.807) is 0 Å². The number of nitrogens with two attached hydrogens (primary N) is 1. The Labute approximate surface area is 140 Å². The first-order valence-electron chi connectivity index (χ1n) is 6.12.